The SMILES string of the molecule is COc1ccc(-c2ccc(S(=O)(=O)n3cc(CCC(=O)O)c4cc(-c5ccccc5)ccc43)cc2)cc1. The van der Waals surface area contributed by atoms with E-state index >= 15 is 0 Å². The van der Waals surface area contributed by atoms with Crippen LogP contribution < -0.4 is 4.74 Å². The zero-order chi connectivity index (χ0) is 26.0. The number of hydrogen-bond donors (Lipinski definition) is 1. The van der Waals surface area contributed by atoms with E-state index in [1.807, 2.05) is 66.7 Å². The fraction of sp³-hybridized carbons (Fsp3) is 0.100. The number of aliphatic carboxylic acids is 1. The first-order valence-corrected chi connectivity index (χ1v) is 13.2. The van der Waals surface area contributed by atoms with E-state index in [1.54, 1.807) is 43.6 Å². The molecule has 0 atom stereocenters. The fourth-order valence-corrected chi connectivity index (χ4v) is 5.82. The van der Waals surface area contributed by atoms with Gasteiger partial charge in [0.15, 0.2) is 0 Å². The lowest BCUT2D eigenvalue weighted by Crippen LogP contribution is -2.11. The minimum Gasteiger partial charge on any atom is -0.497 e. The van der Waals surface area contributed by atoms with E-state index in [-0.39, 0.29) is 17.7 Å². The highest BCUT2D eigenvalue weighted by Gasteiger charge is 2.22. The number of benzene rings is 4. The molecule has 0 fully saturated rings. The molecule has 5 rings (SSSR count). The van der Waals surface area contributed by atoms with E-state index in [9.17, 15) is 18.3 Å². The second-order valence-corrected chi connectivity index (χ2v) is 10.5. The molecule has 186 valence electrons. The van der Waals surface area contributed by atoms with Crippen LogP contribution >= 0.6 is 0 Å². The number of aromatic nitrogens is 1. The van der Waals surface area contributed by atoms with Gasteiger partial charge >= 0.3 is 5.97 Å². The average Bonchev–Trinajstić information content (AvgIpc) is 3.31. The molecule has 0 aliphatic heterocycles. The molecular formula is C30H25NO5S. The molecule has 0 amide bonds. The predicted molar refractivity (Wildman–Crippen MR) is 144 cm³/mol. The average molecular weight is 512 g/mol. The number of nitrogens with zero attached hydrogens (tertiary/aromatic N) is 1. The summed E-state index contributed by atoms with van der Waals surface area (Å²) in [5, 5.41) is 9.96. The predicted octanol–water partition coefficient (Wildman–Crippen LogP) is 6.24. The number of carboxylic acids is 1. The lowest BCUT2D eigenvalue weighted by Gasteiger charge is -2.10. The largest absolute Gasteiger partial charge is 0.497 e. The van der Waals surface area contributed by atoms with Crippen molar-refractivity contribution in [2.24, 2.45) is 0 Å². The van der Waals surface area contributed by atoms with E-state index in [2.05, 4.69) is 0 Å². The van der Waals surface area contributed by atoms with Gasteiger partial charge in [0.25, 0.3) is 10.0 Å². The number of hydrogen-bond acceptors (Lipinski definition) is 4. The molecule has 0 aliphatic carbocycles. The lowest BCUT2D eigenvalue weighted by molar-refractivity contribution is -0.136. The number of aryl methyl sites for hydroxylation is 1. The topological polar surface area (TPSA) is 85.6 Å². The second-order valence-electron chi connectivity index (χ2n) is 8.70. The first-order valence-electron chi connectivity index (χ1n) is 11.8. The molecule has 1 N–H and O–H groups in total. The summed E-state index contributed by atoms with van der Waals surface area (Å²) in [6.07, 6.45) is 1.68. The van der Waals surface area contributed by atoms with Crippen LogP contribution in [-0.2, 0) is 21.2 Å². The Labute approximate surface area is 215 Å². The van der Waals surface area contributed by atoms with Crippen LogP contribution in [-0.4, -0.2) is 30.6 Å². The van der Waals surface area contributed by atoms with Crippen molar-refractivity contribution in [2.75, 3.05) is 7.11 Å². The van der Waals surface area contributed by atoms with Crippen LogP contribution in [0.3, 0.4) is 0 Å². The molecule has 1 heterocycles. The van der Waals surface area contributed by atoms with Crippen LogP contribution in [0.1, 0.15) is 12.0 Å². The molecule has 0 aliphatic rings. The number of fused-ring (bicyclic) bond motifs is 1. The van der Waals surface area contributed by atoms with Crippen LogP contribution in [0.4, 0.5) is 0 Å². The molecule has 0 unspecified atom stereocenters. The van der Waals surface area contributed by atoms with Gasteiger partial charge in [-0.25, -0.2) is 12.4 Å². The van der Waals surface area contributed by atoms with Gasteiger partial charge in [-0.3, -0.25) is 4.79 Å². The van der Waals surface area contributed by atoms with Crippen LogP contribution in [0.15, 0.2) is 108 Å². The summed E-state index contributed by atoms with van der Waals surface area (Å²) in [4.78, 5) is 11.4. The molecule has 37 heavy (non-hydrogen) atoms. The molecule has 5 aromatic rings. The molecule has 0 bridgehead atoms. The highest BCUT2D eigenvalue weighted by Crippen LogP contribution is 2.32. The lowest BCUT2D eigenvalue weighted by atomic mass is 10.0. The third-order valence-electron chi connectivity index (χ3n) is 6.40. The molecule has 0 saturated carbocycles. The number of rotatable bonds is 8. The zero-order valence-electron chi connectivity index (χ0n) is 20.2. The summed E-state index contributed by atoms with van der Waals surface area (Å²) in [6, 6.07) is 29.7. The minimum atomic E-state index is -3.92. The molecule has 0 saturated heterocycles. The number of ether oxygens (including phenoxy) is 1. The van der Waals surface area contributed by atoms with Crippen LogP contribution in [0.2, 0.25) is 0 Å². The van der Waals surface area contributed by atoms with Gasteiger partial charge in [0, 0.05) is 18.0 Å². The third-order valence-corrected chi connectivity index (χ3v) is 8.09. The molecular weight excluding hydrogens is 486 g/mol. The maximum atomic E-state index is 13.7. The van der Waals surface area contributed by atoms with Crippen molar-refractivity contribution in [3.05, 3.63) is 109 Å². The standard InChI is InChI=1S/C30H25NO5S/c1-36-26-13-7-22(8-14-26)23-9-15-27(16-10-23)37(34,35)31-20-25(12-18-30(32)33)28-19-24(11-17-29(28)31)21-5-3-2-4-6-21/h2-11,13-17,19-20H,12,18H2,1H3,(H,32,33). The fourth-order valence-electron chi connectivity index (χ4n) is 4.43. The van der Waals surface area contributed by atoms with Gasteiger partial charge < -0.3 is 9.84 Å². The molecule has 0 spiro atoms. The Balaban J connectivity index is 1.56. The Kier molecular flexibility index (Phi) is 6.54. The van der Waals surface area contributed by atoms with Gasteiger partial charge in [-0.2, -0.15) is 0 Å². The molecule has 0 radical (unpaired) electrons. The van der Waals surface area contributed by atoms with Crippen molar-refractivity contribution >= 4 is 26.9 Å². The van der Waals surface area contributed by atoms with Crippen LogP contribution in [0, 0.1) is 0 Å². The number of carboxylic acid groups (broad SMARTS) is 1. The van der Waals surface area contributed by atoms with Crippen LogP contribution in [0.5, 0.6) is 5.75 Å². The van der Waals surface area contributed by atoms with E-state index in [0.29, 0.717) is 11.1 Å². The van der Waals surface area contributed by atoms with Gasteiger partial charge in [0.05, 0.1) is 17.5 Å². The number of methoxy groups -OCH3 is 1. The monoisotopic (exact) mass is 511 g/mol. The summed E-state index contributed by atoms with van der Waals surface area (Å²) >= 11 is 0. The van der Waals surface area contributed by atoms with E-state index in [4.69, 9.17) is 4.74 Å². The summed E-state index contributed by atoms with van der Waals surface area (Å²) < 4.78 is 33.9. The third kappa shape index (κ3) is 4.86. The first kappa shape index (κ1) is 24.3. The van der Waals surface area contributed by atoms with Crippen molar-refractivity contribution in [1.29, 1.82) is 0 Å². The zero-order valence-corrected chi connectivity index (χ0v) is 21.0. The number of carbonyl (C=O) groups is 1. The summed E-state index contributed by atoms with van der Waals surface area (Å²) in [5.74, 6) is -0.186. The molecule has 1 aromatic heterocycles. The molecule has 6 nitrogen and oxygen atoms in total. The van der Waals surface area contributed by atoms with Gasteiger partial charge in [-0.05, 0) is 70.6 Å². The first-order chi connectivity index (χ1) is 17.9. The van der Waals surface area contributed by atoms with E-state index < -0.39 is 16.0 Å². The van der Waals surface area contributed by atoms with Crippen molar-refractivity contribution in [1.82, 2.24) is 3.97 Å². The van der Waals surface area contributed by atoms with Crippen molar-refractivity contribution in [3.63, 3.8) is 0 Å². The van der Waals surface area contributed by atoms with E-state index in [1.165, 1.54) is 3.97 Å². The Hall–Kier alpha value is -4.36. The maximum absolute atomic E-state index is 13.7. The highest BCUT2D eigenvalue weighted by molar-refractivity contribution is 7.90. The van der Waals surface area contributed by atoms with Crippen molar-refractivity contribution < 1.29 is 23.1 Å². The molecule has 4 aromatic carbocycles. The van der Waals surface area contributed by atoms with Gasteiger partial charge in [-0.1, -0.05) is 60.7 Å². The normalized spacial score (nSPS) is 11.5. The summed E-state index contributed by atoms with van der Waals surface area (Å²) in [7, 11) is -2.31. The van der Waals surface area contributed by atoms with Gasteiger partial charge in [0.1, 0.15) is 5.75 Å². The van der Waals surface area contributed by atoms with Crippen LogP contribution in [0.25, 0.3) is 33.2 Å². The van der Waals surface area contributed by atoms with Gasteiger partial charge in [0.2, 0.25) is 0 Å². The Morgan fingerprint density at radius 3 is 2.03 bits per heavy atom. The Morgan fingerprint density at radius 2 is 1.41 bits per heavy atom. The minimum absolute atomic E-state index is 0.0920. The molecule has 7 heteroatoms. The Bertz CT molecular complexity index is 1670. The van der Waals surface area contributed by atoms with Gasteiger partial charge in [-0.15, -0.1) is 0 Å². The second kappa shape index (κ2) is 9.95. The highest BCUT2D eigenvalue weighted by atomic mass is 32.2. The Morgan fingerprint density at radius 1 is 0.811 bits per heavy atom. The van der Waals surface area contributed by atoms with Crippen molar-refractivity contribution in [2.45, 2.75) is 17.7 Å². The van der Waals surface area contributed by atoms with E-state index in [0.717, 1.165) is 33.4 Å². The smallest absolute Gasteiger partial charge is 0.303 e. The quantitative estimate of drug-likeness (QED) is 0.267. The summed E-state index contributed by atoms with van der Waals surface area (Å²) in [6.45, 7) is 0. The maximum Gasteiger partial charge on any atom is 0.303 e. The summed E-state index contributed by atoms with van der Waals surface area (Å²) in [5.41, 5.74) is 4.95. The van der Waals surface area contributed by atoms with Crippen molar-refractivity contribution in [3.8, 4) is 28.0 Å².